The number of nitrogens with zero attached hydrogens (tertiary/aromatic N) is 1. The minimum atomic E-state index is -3.83. The van der Waals surface area contributed by atoms with E-state index in [-0.39, 0.29) is 13.0 Å². The fourth-order valence-electron chi connectivity index (χ4n) is 1.71. The van der Waals surface area contributed by atoms with Gasteiger partial charge in [-0.05, 0) is 12.0 Å². The summed E-state index contributed by atoms with van der Waals surface area (Å²) < 4.78 is 25.9. The summed E-state index contributed by atoms with van der Waals surface area (Å²) in [5.74, 6) is -2.11. The molecule has 20 heavy (non-hydrogen) atoms. The lowest BCUT2D eigenvalue weighted by Crippen LogP contribution is -2.37. The molecule has 7 heteroatoms. The van der Waals surface area contributed by atoms with Crippen LogP contribution in [0.2, 0.25) is 0 Å². The van der Waals surface area contributed by atoms with Crippen molar-refractivity contribution >= 4 is 16.0 Å². The number of hydrogen-bond donors (Lipinski definition) is 2. The quantitative estimate of drug-likeness (QED) is 0.782. The van der Waals surface area contributed by atoms with Gasteiger partial charge in [-0.1, -0.05) is 37.3 Å². The molecule has 2 unspecified atom stereocenters. The van der Waals surface area contributed by atoms with Gasteiger partial charge in [0.15, 0.2) is 5.25 Å². The zero-order valence-electron chi connectivity index (χ0n) is 11.0. The topological polar surface area (TPSA) is 107 Å². The number of benzene rings is 1. The molecular weight excluding hydrogens is 280 g/mol. The van der Waals surface area contributed by atoms with Crippen molar-refractivity contribution in [2.24, 2.45) is 0 Å². The van der Waals surface area contributed by atoms with Crippen LogP contribution in [-0.4, -0.2) is 31.3 Å². The van der Waals surface area contributed by atoms with Gasteiger partial charge in [-0.3, -0.25) is 4.79 Å². The van der Waals surface area contributed by atoms with Gasteiger partial charge in [0.05, 0.1) is 12.0 Å². The van der Waals surface area contributed by atoms with E-state index in [1.807, 2.05) is 0 Å². The fraction of sp³-hybridized carbons (Fsp3) is 0.385. The van der Waals surface area contributed by atoms with Gasteiger partial charge in [0.25, 0.3) is 0 Å². The van der Waals surface area contributed by atoms with Crippen LogP contribution in [0.3, 0.4) is 0 Å². The van der Waals surface area contributed by atoms with E-state index in [1.54, 1.807) is 43.3 Å². The maximum absolute atomic E-state index is 11.8. The van der Waals surface area contributed by atoms with Crippen LogP contribution < -0.4 is 4.72 Å². The molecule has 0 spiro atoms. The molecule has 1 rings (SSSR count). The van der Waals surface area contributed by atoms with E-state index in [0.29, 0.717) is 5.56 Å². The van der Waals surface area contributed by atoms with Gasteiger partial charge in [0.2, 0.25) is 10.0 Å². The summed E-state index contributed by atoms with van der Waals surface area (Å²) in [4.78, 5) is 11.2. The molecule has 1 aromatic carbocycles. The number of aliphatic carboxylic acids is 1. The van der Waals surface area contributed by atoms with Crippen LogP contribution in [0, 0.1) is 11.3 Å². The van der Waals surface area contributed by atoms with Crippen LogP contribution >= 0.6 is 0 Å². The molecule has 0 amide bonds. The standard InChI is InChI=1S/C13H16N2O4S/c1-2-11(8-14)20(18,19)15-9-12(13(16)17)10-6-4-3-5-7-10/h3-7,11-12,15H,2,9H2,1H3,(H,16,17). The summed E-state index contributed by atoms with van der Waals surface area (Å²) in [6, 6.07) is 10.0. The van der Waals surface area contributed by atoms with Gasteiger partial charge in [0, 0.05) is 6.54 Å². The minimum absolute atomic E-state index is 0.148. The highest BCUT2D eigenvalue weighted by Gasteiger charge is 2.27. The molecule has 2 N–H and O–H groups in total. The van der Waals surface area contributed by atoms with Crippen LogP contribution in [0.4, 0.5) is 0 Å². The van der Waals surface area contributed by atoms with Crippen molar-refractivity contribution in [1.29, 1.82) is 5.26 Å². The monoisotopic (exact) mass is 296 g/mol. The molecule has 2 atom stereocenters. The van der Waals surface area contributed by atoms with Crippen molar-refractivity contribution in [2.45, 2.75) is 24.5 Å². The zero-order chi connectivity index (χ0) is 15.2. The third-order valence-electron chi connectivity index (χ3n) is 2.88. The molecule has 0 aromatic heterocycles. The number of carboxylic acid groups (broad SMARTS) is 1. The lowest BCUT2D eigenvalue weighted by molar-refractivity contribution is -0.138. The van der Waals surface area contributed by atoms with Gasteiger partial charge in [-0.15, -0.1) is 0 Å². The van der Waals surface area contributed by atoms with Crippen LogP contribution in [0.25, 0.3) is 0 Å². The first-order valence-corrected chi connectivity index (χ1v) is 7.62. The Morgan fingerprint density at radius 1 is 1.40 bits per heavy atom. The van der Waals surface area contributed by atoms with Crippen molar-refractivity contribution in [2.75, 3.05) is 6.54 Å². The van der Waals surface area contributed by atoms with Crippen LogP contribution in [0.15, 0.2) is 30.3 Å². The van der Waals surface area contributed by atoms with E-state index in [9.17, 15) is 18.3 Å². The summed E-state index contributed by atoms with van der Waals surface area (Å²) in [6.07, 6.45) is 0.148. The molecule has 0 radical (unpaired) electrons. The molecule has 108 valence electrons. The molecule has 0 saturated heterocycles. The number of nitriles is 1. The average molecular weight is 296 g/mol. The second-order valence-electron chi connectivity index (χ2n) is 4.22. The molecule has 1 aromatic rings. The smallest absolute Gasteiger partial charge is 0.312 e. The van der Waals surface area contributed by atoms with Gasteiger partial charge in [-0.25, -0.2) is 13.1 Å². The van der Waals surface area contributed by atoms with E-state index in [4.69, 9.17) is 5.26 Å². The number of hydrogen-bond acceptors (Lipinski definition) is 4. The van der Waals surface area contributed by atoms with Gasteiger partial charge < -0.3 is 5.11 Å². The maximum Gasteiger partial charge on any atom is 0.312 e. The number of carbonyl (C=O) groups is 1. The van der Waals surface area contributed by atoms with Crippen LogP contribution in [-0.2, 0) is 14.8 Å². The Morgan fingerprint density at radius 3 is 2.45 bits per heavy atom. The van der Waals surface area contributed by atoms with Crippen molar-refractivity contribution < 1.29 is 18.3 Å². The van der Waals surface area contributed by atoms with E-state index < -0.39 is 27.2 Å². The Bertz CT molecular complexity index is 593. The molecule has 0 aliphatic heterocycles. The highest BCUT2D eigenvalue weighted by atomic mass is 32.2. The summed E-state index contributed by atoms with van der Waals surface area (Å²) in [5, 5.41) is 16.8. The molecule has 0 bridgehead atoms. The van der Waals surface area contributed by atoms with Crippen LogP contribution in [0.1, 0.15) is 24.8 Å². The molecule has 6 nitrogen and oxygen atoms in total. The van der Waals surface area contributed by atoms with Crippen molar-refractivity contribution in [3.63, 3.8) is 0 Å². The highest BCUT2D eigenvalue weighted by molar-refractivity contribution is 7.90. The Hall–Kier alpha value is -1.91. The largest absolute Gasteiger partial charge is 0.481 e. The van der Waals surface area contributed by atoms with E-state index in [2.05, 4.69) is 4.72 Å². The van der Waals surface area contributed by atoms with E-state index >= 15 is 0 Å². The Labute approximate surface area is 118 Å². The van der Waals surface area contributed by atoms with Crippen LogP contribution in [0.5, 0.6) is 0 Å². The van der Waals surface area contributed by atoms with Crippen molar-refractivity contribution in [3.05, 3.63) is 35.9 Å². The van der Waals surface area contributed by atoms with Gasteiger partial charge >= 0.3 is 5.97 Å². The normalized spacial score (nSPS) is 14.2. The predicted molar refractivity (Wildman–Crippen MR) is 73.4 cm³/mol. The molecule has 0 aliphatic carbocycles. The maximum atomic E-state index is 11.8. The molecule has 0 fully saturated rings. The number of rotatable bonds is 7. The van der Waals surface area contributed by atoms with Gasteiger partial charge in [0.1, 0.15) is 0 Å². The molecule has 0 heterocycles. The van der Waals surface area contributed by atoms with Crippen molar-refractivity contribution in [3.8, 4) is 6.07 Å². The van der Waals surface area contributed by atoms with E-state index in [0.717, 1.165) is 0 Å². The summed E-state index contributed by atoms with van der Waals surface area (Å²) in [7, 11) is -3.83. The van der Waals surface area contributed by atoms with Crippen molar-refractivity contribution in [1.82, 2.24) is 4.72 Å². The lowest BCUT2D eigenvalue weighted by atomic mass is 10.00. The number of carboxylic acids is 1. The first-order chi connectivity index (χ1) is 9.42. The Kier molecular flexibility index (Phi) is 5.67. The summed E-state index contributed by atoms with van der Waals surface area (Å²) in [6.45, 7) is 1.30. The molecule has 0 saturated carbocycles. The first kappa shape index (κ1) is 16.1. The molecule has 0 aliphatic rings. The first-order valence-electron chi connectivity index (χ1n) is 6.08. The lowest BCUT2D eigenvalue weighted by Gasteiger charge is -2.15. The Morgan fingerprint density at radius 2 is 2.00 bits per heavy atom. The number of nitrogens with one attached hydrogen (secondary N) is 1. The third-order valence-corrected chi connectivity index (χ3v) is 4.63. The highest BCUT2D eigenvalue weighted by Crippen LogP contribution is 2.15. The van der Waals surface area contributed by atoms with E-state index in [1.165, 1.54) is 0 Å². The predicted octanol–water partition coefficient (Wildman–Crippen LogP) is 1.08. The average Bonchev–Trinajstić information content (AvgIpc) is 2.40. The third kappa shape index (κ3) is 4.05. The van der Waals surface area contributed by atoms with Gasteiger partial charge in [-0.2, -0.15) is 5.26 Å². The second kappa shape index (κ2) is 7.03. The Balaban J connectivity index is 2.85. The zero-order valence-corrected chi connectivity index (χ0v) is 11.8. The number of sulfonamides is 1. The fourth-order valence-corrected chi connectivity index (χ4v) is 2.89. The summed E-state index contributed by atoms with van der Waals surface area (Å²) in [5.41, 5.74) is 0.507. The molecular formula is C13H16N2O4S. The SMILES string of the molecule is CCC(C#N)S(=O)(=O)NCC(C(=O)O)c1ccccc1. The minimum Gasteiger partial charge on any atom is -0.481 e. The second-order valence-corrected chi connectivity index (χ2v) is 6.17. The summed E-state index contributed by atoms with van der Waals surface area (Å²) >= 11 is 0.